The third-order valence-electron chi connectivity index (χ3n) is 7.84. The summed E-state index contributed by atoms with van der Waals surface area (Å²) in [6, 6.07) is 10.5. The van der Waals surface area contributed by atoms with Crippen LogP contribution in [-0.2, 0) is 35.4 Å². The molecule has 0 aliphatic carbocycles. The van der Waals surface area contributed by atoms with E-state index in [0.717, 1.165) is 23.5 Å². The molecule has 1 saturated heterocycles. The summed E-state index contributed by atoms with van der Waals surface area (Å²) < 4.78 is 10.8. The van der Waals surface area contributed by atoms with E-state index in [-0.39, 0.29) is 46.0 Å². The first-order chi connectivity index (χ1) is 25.9. The second kappa shape index (κ2) is 16.3. The van der Waals surface area contributed by atoms with Crippen molar-refractivity contribution in [3.05, 3.63) is 88.2 Å². The number of hydrogen-bond acceptors (Lipinski definition) is 18. The first kappa shape index (κ1) is 37.7. The van der Waals surface area contributed by atoms with Crippen molar-refractivity contribution in [2.45, 2.75) is 29.3 Å². The number of carboxylic acid groups (broad SMARTS) is 1. The Morgan fingerprint density at radius 2 is 1.89 bits per heavy atom. The molecule has 2 aromatic heterocycles. The maximum atomic E-state index is 13.8. The van der Waals surface area contributed by atoms with E-state index in [2.05, 4.69) is 25.4 Å². The molecule has 4 heterocycles. The van der Waals surface area contributed by atoms with Gasteiger partial charge in [-0.25, -0.2) is 24.5 Å². The number of thioether (sulfide) groups is 2. The minimum Gasteiger partial charge on any atom is -0.504 e. The van der Waals surface area contributed by atoms with Gasteiger partial charge in [-0.05, 0) is 41.5 Å². The third-order valence-corrected chi connectivity index (χ3v) is 10.8. The van der Waals surface area contributed by atoms with Gasteiger partial charge in [-0.2, -0.15) is 0 Å². The average molecular weight is 795 g/mol. The van der Waals surface area contributed by atoms with E-state index >= 15 is 0 Å². The standard InChI is InChI=1S/C33H30N8O10S3/c1-49-18-5-2-15(3-6-18)11-50-31(48)25-17(13-54-33-36-9-8-22(34)38-33)12-52-29-24(28(45)41(25)29)39-27(44)23(19-14-53-32(35)37-19)40-51-26(30(46)47)16-4-7-20(42)21(43)10-16/h2-10,14,24,26,29,42-43H,11-13H2,1H3,(H2,35,37)(H,39,44)(H,46,47)(H2,34,36,38)/b40-23-/t24-,26+,29-/m1/s1. The lowest BCUT2D eigenvalue weighted by Gasteiger charge is -2.49. The molecule has 2 amide bonds. The molecular weight excluding hydrogens is 765 g/mol. The summed E-state index contributed by atoms with van der Waals surface area (Å²) in [6.07, 6.45) is -0.320. The summed E-state index contributed by atoms with van der Waals surface area (Å²) >= 11 is 3.48. The Hall–Kier alpha value is -6.06. The zero-order chi connectivity index (χ0) is 38.5. The zero-order valence-electron chi connectivity index (χ0n) is 27.9. The van der Waals surface area contributed by atoms with Gasteiger partial charge in [-0.1, -0.05) is 35.1 Å². The highest BCUT2D eigenvalue weighted by Gasteiger charge is 2.54. The summed E-state index contributed by atoms with van der Waals surface area (Å²) in [5, 5.41) is 36.8. The molecule has 54 heavy (non-hydrogen) atoms. The van der Waals surface area contributed by atoms with Gasteiger partial charge in [0.1, 0.15) is 41.0 Å². The van der Waals surface area contributed by atoms with Gasteiger partial charge >= 0.3 is 11.9 Å². The van der Waals surface area contributed by atoms with E-state index in [4.69, 9.17) is 25.8 Å². The first-order valence-electron chi connectivity index (χ1n) is 15.6. The second-order valence-corrected chi connectivity index (χ2v) is 14.3. The first-order valence-corrected chi connectivity index (χ1v) is 18.5. The number of carbonyl (C=O) groups excluding carboxylic acids is 3. The van der Waals surface area contributed by atoms with Gasteiger partial charge in [0.2, 0.25) is 6.10 Å². The SMILES string of the molecule is COc1ccc(COC(=O)C2=C(CSc3nccc(N)n3)CS[C@@H]3[C@H](NC(=O)/C(=N\O[C@H](C(=O)O)c4ccc(O)c(O)c4)c4csc(N)n4)C(=O)N23)cc1. The number of hydrogen-bond donors (Lipinski definition) is 6. The summed E-state index contributed by atoms with van der Waals surface area (Å²) in [6.45, 7) is -0.0945. The number of β-lactam (4-membered cyclic amide) rings is 1. The average Bonchev–Trinajstić information content (AvgIpc) is 3.59. The Bertz CT molecular complexity index is 2160. The monoisotopic (exact) mass is 794 g/mol. The van der Waals surface area contributed by atoms with Crippen molar-refractivity contribution in [3.63, 3.8) is 0 Å². The van der Waals surface area contributed by atoms with E-state index in [0.29, 0.717) is 22.0 Å². The van der Waals surface area contributed by atoms with Crippen LogP contribution >= 0.6 is 34.9 Å². The number of carboxylic acids is 1. The second-order valence-electron chi connectivity index (χ2n) is 11.4. The van der Waals surface area contributed by atoms with Crippen molar-refractivity contribution >= 4 is 75.3 Å². The largest absolute Gasteiger partial charge is 0.504 e. The van der Waals surface area contributed by atoms with Crippen molar-refractivity contribution < 1.29 is 48.8 Å². The van der Waals surface area contributed by atoms with Crippen LogP contribution in [0.1, 0.15) is 22.9 Å². The number of amides is 2. The van der Waals surface area contributed by atoms with Crippen LogP contribution in [0, 0.1) is 0 Å². The number of phenolic OH excluding ortho intramolecular Hbond substituents is 2. The van der Waals surface area contributed by atoms with Crippen molar-refractivity contribution in [2.75, 3.05) is 30.1 Å². The number of nitrogens with one attached hydrogen (secondary N) is 1. The van der Waals surface area contributed by atoms with Gasteiger partial charge in [0, 0.05) is 28.6 Å². The molecule has 4 aromatic rings. The van der Waals surface area contributed by atoms with Crippen molar-refractivity contribution in [3.8, 4) is 17.2 Å². The van der Waals surface area contributed by atoms with Gasteiger partial charge in [-0.3, -0.25) is 14.5 Å². The number of ether oxygens (including phenoxy) is 2. The highest BCUT2D eigenvalue weighted by Crippen LogP contribution is 2.42. The number of aromatic hydroxyl groups is 2. The van der Waals surface area contributed by atoms with Crippen LogP contribution in [0.2, 0.25) is 0 Å². The van der Waals surface area contributed by atoms with E-state index in [1.807, 2.05) is 0 Å². The normalized spacial score (nSPS) is 17.2. The van der Waals surface area contributed by atoms with Crippen molar-refractivity contribution in [1.82, 2.24) is 25.2 Å². The minimum atomic E-state index is -1.82. The summed E-state index contributed by atoms with van der Waals surface area (Å²) in [4.78, 5) is 72.3. The van der Waals surface area contributed by atoms with Crippen LogP contribution in [0.25, 0.3) is 0 Å². The van der Waals surface area contributed by atoms with Crippen LogP contribution in [0.5, 0.6) is 17.2 Å². The minimum absolute atomic E-state index is 0.0186. The number of phenols is 2. The number of thiazole rings is 1. The number of nitrogens with zero attached hydrogens (tertiary/aromatic N) is 5. The molecule has 2 aliphatic rings. The number of aliphatic carboxylic acids is 1. The molecule has 280 valence electrons. The Balaban J connectivity index is 1.23. The number of aromatic nitrogens is 3. The van der Waals surface area contributed by atoms with Gasteiger partial charge in [-0.15, -0.1) is 23.1 Å². The molecule has 2 aromatic carbocycles. The van der Waals surface area contributed by atoms with Gasteiger partial charge in [0.25, 0.3) is 11.8 Å². The number of anilines is 2. The Morgan fingerprint density at radius 3 is 2.56 bits per heavy atom. The Kier molecular flexibility index (Phi) is 11.4. The van der Waals surface area contributed by atoms with Crippen LogP contribution < -0.4 is 21.5 Å². The topological polar surface area (TPSA) is 275 Å². The molecule has 8 N–H and O–H groups in total. The Labute approximate surface area is 318 Å². The van der Waals surface area contributed by atoms with Crippen LogP contribution in [0.4, 0.5) is 10.9 Å². The molecule has 0 unspecified atom stereocenters. The van der Waals surface area contributed by atoms with E-state index < -0.39 is 58.5 Å². The van der Waals surface area contributed by atoms with E-state index in [9.17, 15) is 34.5 Å². The summed E-state index contributed by atoms with van der Waals surface area (Å²) in [7, 11) is 1.53. The Morgan fingerprint density at radius 1 is 1.11 bits per heavy atom. The molecule has 0 radical (unpaired) electrons. The summed E-state index contributed by atoms with van der Waals surface area (Å²) in [5.74, 6) is -3.57. The lowest BCUT2D eigenvalue weighted by atomic mass is 10.0. The molecule has 21 heteroatoms. The number of methoxy groups -OCH3 is 1. The molecule has 0 spiro atoms. The van der Waals surface area contributed by atoms with Crippen LogP contribution in [0.3, 0.4) is 0 Å². The molecule has 0 bridgehead atoms. The van der Waals surface area contributed by atoms with Crippen LogP contribution in [0.15, 0.2) is 81.7 Å². The van der Waals surface area contributed by atoms with E-state index in [1.54, 1.807) is 24.3 Å². The fraction of sp³-hybridized carbons (Fsp3) is 0.212. The number of fused-ring (bicyclic) bond motifs is 1. The molecule has 2 aliphatic heterocycles. The molecule has 1 fully saturated rings. The van der Waals surface area contributed by atoms with E-state index in [1.165, 1.54) is 59.2 Å². The van der Waals surface area contributed by atoms with Gasteiger partial charge in [0.05, 0.1) is 7.11 Å². The zero-order valence-corrected chi connectivity index (χ0v) is 30.4. The predicted molar refractivity (Wildman–Crippen MR) is 196 cm³/mol. The fourth-order valence-electron chi connectivity index (χ4n) is 5.16. The molecule has 6 rings (SSSR count). The van der Waals surface area contributed by atoms with Crippen molar-refractivity contribution in [2.24, 2.45) is 5.16 Å². The number of benzene rings is 2. The highest BCUT2D eigenvalue weighted by molar-refractivity contribution is 8.01. The summed E-state index contributed by atoms with van der Waals surface area (Å²) in [5.41, 5.74) is 12.2. The third kappa shape index (κ3) is 8.27. The highest BCUT2D eigenvalue weighted by atomic mass is 32.2. The van der Waals surface area contributed by atoms with Crippen molar-refractivity contribution in [1.29, 1.82) is 0 Å². The smallest absolute Gasteiger partial charge is 0.355 e. The van der Waals surface area contributed by atoms with Gasteiger partial charge < -0.3 is 46.4 Å². The molecule has 0 saturated carbocycles. The number of oxime groups is 1. The maximum Gasteiger partial charge on any atom is 0.355 e. The lowest BCUT2D eigenvalue weighted by molar-refractivity contribution is -0.153. The number of rotatable bonds is 14. The quantitative estimate of drug-likeness (QED) is 0.0203. The van der Waals surface area contributed by atoms with Crippen LogP contribution in [-0.4, -0.2) is 94.7 Å². The number of carbonyl (C=O) groups is 4. The maximum absolute atomic E-state index is 13.8. The molecule has 18 nitrogen and oxygen atoms in total. The predicted octanol–water partition coefficient (Wildman–Crippen LogP) is 2.25. The lowest BCUT2D eigenvalue weighted by Crippen LogP contribution is -2.71. The number of nitrogen functional groups attached to an aromatic ring is 2. The molecular formula is C33H30N8O10S3. The molecule has 3 atom stereocenters. The van der Waals surface area contributed by atoms with Gasteiger partial charge in [0.15, 0.2) is 27.5 Å². The fourth-order valence-corrected chi connectivity index (χ4v) is 8.04. The number of nitrogens with two attached hydrogens (primary N) is 2. The number of esters is 1.